The Labute approximate surface area is 145 Å². The van der Waals surface area contributed by atoms with Gasteiger partial charge in [0.25, 0.3) is 0 Å². The summed E-state index contributed by atoms with van der Waals surface area (Å²) in [5, 5.41) is 4.97. The van der Waals surface area contributed by atoms with E-state index in [4.69, 9.17) is 11.6 Å². The van der Waals surface area contributed by atoms with Gasteiger partial charge in [-0.3, -0.25) is 0 Å². The molecule has 114 valence electrons. The van der Waals surface area contributed by atoms with Crippen LogP contribution in [0.5, 0.6) is 0 Å². The molecule has 4 rings (SSSR count). The molecule has 3 heterocycles. The first kappa shape index (κ1) is 14.4. The first-order valence-electron chi connectivity index (χ1n) is 6.96. The van der Waals surface area contributed by atoms with Crippen molar-refractivity contribution in [1.82, 2.24) is 19.4 Å². The number of aromatic nitrogens is 4. The first-order valence-corrected chi connectivity index (χ1v) is 8.13. The van der Waals surface area contributed by atoms with Crippen molar-refractivity contribution in [3.8, 4) is 0 Å². The lowest BCUT2D eigenvalue weighted by Crippen LogP contribution is -2.02. The molecule has 0 fully saturated rings. The summed E-state index contributed by atoms with van der Waals surface area (Å²) in [6, 6.07) is 9.64. The molecular weight excluding hydrogens is 378 g/mol. The number of anilines is 1. The van der Waals surface area contributed by atoms with E-state index in [0.717, 1.165) is 32.5 Å². The van der Waals surface area contributed by atoms with E-state index >= 15 is 0 Å². The second kappa shape index (κ2) is 5.79. The molecule has 0 aliphatic carbocycles. The molecule has 3 aromatic heterocycles. The van der Waals surface area contributed by atoms with Gasteiger partial charge in [-0.15, -0.1) is 0 Å². The van der Waals surface area contributed by atoms with Gasteiger partial charge in [-0.05, 0) is 30.3 Å². The Kier molecular flexibility index (Phi) is 3.63. The highest BCUT2D eigenvalue weighted by Crippen LogP contribution is 2.23. The minimum absolute atomic E-state index is 0.567. The first-order chi connectivity index (χ1) is 11.2. The highest BCUT2D eigenvalue weighted by Gasteiger charge is 2.06. The third-order valence-corrected chi connectivity index (χ3v) is 4.22. The van der Waals surface area contributed by atoms with Crippen LogP contribution < -0.4 is 5.32 Å². The molecule has 7 heteroatoms. The highest BCUT2D eigenvalue weighted by atomic mass is 79.9. The van der Waals surface area contributed by atoms with Crippen LogP contribution in [-0.4, -0.2) is 19.4 Å². The van der Waals surface area contributed by atoms with Gasteiger partial charge >= 0.3 is 0 Å². The van der Waals surface area contributed by atoms with E-state index in [1.54, 1.807) is 6.33 Å². The second-order valence-corrected chi connectivity index (χ2v) is 6.43. The summed E-state index contributed by atoms with van der Waals surface area (Å²) >= 11 is 9.48. The van der Waals surface area contributed by atoms with Crippen molar-refractivity contribution in [2.45, 2.75) is 6.54 Å². The fourth-order valence-electron chi connectivity index (χ4n) is 2.45. The number of pyridine rings is 1. The molecule has 1 N–H and O–H groups in total. The van der Waals surface area contributed by atoms with Crippen LogP contribution in [0.15, 0.2) is 53.5 Å². The number of imidazole rings is 1. The zero-order chi connectivity index (χ0) is 15.8. The molecule has 23 heavy (non-hydrogen) atoms. The molecule has 0 unspecified atom stereocenters. The normalized spacial score (nSPS) is 11.2. The molecule has 5 nitrogen and oxygen atoms in total. The number of rotatable bonds is 3. The van der Waals surface area contributed by atoms with Gasteiger partial charge in [-0.25, -0.2) is 15.0 Å². The van der Waals surface area contributed by atoms with E-state index in [-0.39, 0.29) is 0 Å². The lowest BCUT2D eigenvalue weighted by atomic mass is 10.2. The molecule has 4 aromatic rings. The molecule has 0 aliphatic heterocycles. The van der Waals surface area contributed by atoms with Crippen LogP contribution in [0.4, 0.5) is 5.82 Å². The maximum atomic E-state index is 6.00. The van der Waals surface area contributed by atoms with Crippen LogP contribution in [0.1, 0.15) is 5.69 Å². The van der Waals surface area contributed by atoms with Crippen molar-refractivity contribution in [1.29, 1.82) is 0 Å². The van der Waals surface area contributed by atoms with Crippen molar-refractivity contribution >= 4 is 49.9 Å². The van der Waals surface area contributed by atoms with E-state index in [1.165, 1.54) is 0 Å². The van der Waals surface area contributed by atoms with Gasteiger partial charge in [0, 0.05) is 22.3 Å². The molecule has 0 spiro atoms. The number of fused-ring (bicyclic) bond motifs is 2. The van der Waals surface area contributed by atoms with Crippen molar-refractivity contribution in [3.05, 3.63) is 64.2 Å². The Hall–Kier alpha value is -2.18. The van der Waals surface area contributed by atoms with Crippen LogP contribution >= 0.6 is 27.5 Å². The molecule has 0 aliphatic rings. The Bertz CT molecular complexity index is 1010. The number of nitrogens with one attached hydrogen (secondary N) is 1. The maximum Gasteiger partial charge on any atom is 0.137 e. The zero-order valence-corrected chi connectivity index (χ0v) is 14.2. The predicted octanol–water partition coefficient (Wildman–Crippen LogP) is 4.31. The fourth-order valence-corrected chi connectivity index (χ4v) is 2.98. The van der Waals surface area contributed by atoms with Gasteiger partial charge in [-0.1, -0.05) is 27.5 Å². The number of nitrogens with zero attached hydrogens (tertiary/aromatic N) is 4. The summed E-state index contributed by atoms with van der Waals surface area (Å²) in [7, 11) is 0. The monoisotopic (exact) mass is 387 g/mol. The second-order valence-electron chi connectivity index (χ2n) is 5.08. The molecule has 0 radical (unpaired) electrons. The van der Waals surface area contributed by atoms with Crippen molar-refractivity contribution < 1.29 is 0 Å². The van der Waals surface area contributed by atoms with Crippen LogP contribution in [0.25, 0.3) is 16.6 Å². The van der Waals surface area contributed by atoms with E-state index in [0.29, 0.717) is 11.6 Å². The Morgan fingerprint density at radius 3 is 2.96 bits per heavy atom. The largest absolute Gasteiger partial charge is 0.364 e. The summed E-state index contributed by atoms with van der Waals surface area (Å²) in [5.74, 6) is 0.784. The summed E-state index contributed by atoms with van der Waals surface area (Å²) in [4.78, 5) is 13.2. The molecule has 0 atom stereocenters. The molecule has 0 saturated heterocycles. The van der Waals surface area contributed by atoms with Gasteiger partial charge < -0.3 is 9.72 Å². The van der Waals surface area contributed by atoms with Crippen molar-refractivity contribution in [3.63, 3.8) is 0 Å². The van der Waals surface area contributed by atoms with Gasteiger partial charge in [-0.2, -0.15) is 0 Å². The van der Waals surface area contributed by atoms with Gasteiger partial charge in [0.2, 0.25) is 0 Å². The quantitative estimate of drug-likeness (QED) is 0.568. The summed E-state index contributed by atoms with van der Waals surface area (Å²) in [6.07, 6.45) is 5.35. The number of benzene rings is 1. The van der Waals surface area contributed by atoms with Crippen LogP contribution in [-0.2, 0) is 6.54 Å². The smallest absolute Gasteiger partial charge is 0.137 e. The molecule has 0 amide bonds. The lowest BCUT2D eigenvalue weighted by molar-refractivity contribution is 1.05. The van der Waals surface area contributed by atoms with Gasteiger partial charge in [0.1, 0.15) is 17.8 Å². The highest BCUT2D eigenvalue weighted by molar-refractivity contribution is 9.10. The molecular formula is C16H11BrClN5. The molecule has 0 saturated carbocycles. The average Bonchev–Trinajstić information content (AvgIpc) is 2.94. The van der Waals surface area contributed by atoms with Gasteiger partial charge in [0.05, 0.1) is 22.8 Å². The number of halogens is 2. The fraction of sp³-hybridized carbons (Fsp3) is 0.0625. The van der Waals surface area contributed by atoms with Crippen LogP contribution in [0.2, 0.25) is 5.02 Å². The molecule has 1 aromatic carbocycles. The summed E-state index contributed by atoms with van der Waals surface area (Å²) < 4.78 is 2.90. The average molecular weight is 389 g/mol. The van der Waals surface area contributed by atoms with E-state index in [1.807, 2.05) is 47.1 Å². The van der Waals surface area contributed by atoms with Crippen molar-refractivity contribution in [2.75, 3.05) is 5.32 Å². The summed E-state index contributed by atoms with van der Waals surface area (Å²) in [5.41, 5.74) is 2.67. The van der Waals surface area contributed by atoms with Crippen molar-refractivity contribution in [2.24, 2.45) is 0 Å². The number of hydrogen-bond donors (Lipinski definition) is 1. The summed E-state index contributed by atoms with van der Waals surface area (Å²) in [6.45, 7) is 0.567. The lowest BCUT2D eigenvalue weighted by Gasteiger charge is -2.07. The zero-order valence-electron chi connectivity index (χ0n) is 11.9. The van der Waals surface area contributed by atoms with E-state index < -0.39 is 0 Å². The third kappa shape index (κ3) is 2.87. The standard InChI is InChI=1S/C16H11BrClN5/c17-10-1-3-14-13(5-10)16(21-9-20-14)19-6-12-8-23-7-11(18)2-4-15(23)22-12/h1-5,7-9H,6H2,(H,19,20,21). The van der Waals surface area contributed by atoms with Crippen LogP contribution in [0.3, 0.4) is 0 Å². The predicted molar refractivity (Wildman–Crippen MR) is 94.8 cm³/mol. The minimum Gasteiger partial charge on any atom is -0.364 e. The van der Waals surface area contributed by atoms with E-state index in [2.05, 4.69) is 36.2 Å². The Morgan fingerprint density at radius 1 is 1.13 bits per heavy atom. The topological polar surface area (TPSA) is 55.1 Å². The molecule has 0 bridgehead atoms. The Morgan fingerprint density at radius 2 is 2.04 bits per heavy atom. The third-order valence-electron chi connectivity index (χ3n) is 3.50. The maximum absolute atomic E-state index is 6.00. The van der Waals surface area contributed by atoms with Crippen LogP contribution in [0, 0.1) is 0 Å². The van der Waals surface area contributed by atoms with Gasteiger partial charge in [0.15, 0.2) is 0 Å². The Balaban J connectivity index is 1.64. The van der Waals surface area contributed by atoms with E-state index in [9.17, 15) is 0 Å². The number of hydrogen-bond acceptors (Lipinski definition) is 4. The SMILES string of the molecule is Clc1ccc2nc(CNc3ncnc4ccc(Br)cc34)cn2c1. The minimum atomic E-state index is 0.567.